The van der Waals surface area contributed by atoms with E-state index >= 15 is 0 Å². The molecule has 0 aliphatic heterocycles. The summed E-state index contributed by atoms with van der Waals surface area (Å²) in [5, 5.41) is 0. The Morgan fingerprint density at radius 3 is 2.15 bits per heavy atom. The molecule has 2 aromatic rings. The predicted octanol–water partition coefficient (Wildman–Crippen LogP) is 4.14. The minimum Gasteiger partial charge on any atom is -0.308 e. The van der Waals surface area contributed by atoms with Crippen LogP contribution in [0.15, 0.2) is 40.9 Å². The fraction of sp³-hybridized carbons (Fsp3) is 0.0714. The molecule has 0 aliphatic rings. The molecular weight excluding hydrogens is 335 g/mol. The van der Waals surface area contributed by atoms with Crippen molar-refractivity contribution >= 4 is 27.5 Å². The van der Waals surface area contributed by atoms with E-state index in [0.29, 0.717) is 0 Å². The Balaban J connectivity index is 2.45. The summed E-state index contributed by atoms with van der Waals surface area (Å²) in [6.45, 7) is 0. The lowest BCUT2D eigenvalue weighted by atomic mass is 10.1. The van der Waals surface area contributed by atoms with Gasteiger partial charge in [0.25, 0.3) is 5.91 Å². The van der Waals surface area contributed by atoms with Crippen LogP contribution >= 0.6 is 15.9 Å². The highest BCUT2D eigenvalue weighted by Crippen LogP contribution is 2.24. The van der Waals surface area contributed by atoms with Gasteiger partial charge in [0.1, 0.15) is 23.0 Å². The molecule has 0 unspecified atom stereocenters. The van der Waals surface area contributed by atoms with Gasteiger partial charge in [-0.1, -0.05) is 28.1 Å². The zero-order valence-corrected chi connectivity index (χ0v) is 11.9. The van der Waals surface area contributed by atoms with E-state index in [9.17, 15) is 18.0 Å². The SMILES string of the molecule is CN(C(=O)c1c(F)cc(Br)cc1F)c1ccccc1F. The van der Waals surface area contributed by atoms with Crippen LogP contribution < -0.4 is 4.90 Å². The molecule has 20 heavy (non-hydrogen) atoms. The van der Waals surface area contributed by atoms with Gasteiger partial charge >= 0.3 is 0 Å². The zero-order chi connectivity index (χ0) is 14.9. The Kier molecular flexibility index (Phi) is 4.13. The topological polar surface area (TPSA) is 20.3 Å². The van der Waals surface area contributed by atoms with Gasteiger partial charge in [0.15, 0.2) is 0 Å². The molecular formula is C14H9BrF3NO. The molecule has 6 heteroatoms. The smallest absolute Gasteiger partial charge is 0.264 e. The molecule has 0 heterocycles. The van der Waals surface area contributed by atoms with Crippen molar-refractivity contribution in [3.05, 3.63) is 63.9 Å². The van der Waals surface area contributed by atoms with Gasteiger partial charge in [0.2, 0.25) is 0 Å². The predicted molar refractivity (Wildman–Crippen MR) is 73.2 cm³/mol. The average Bonchev–Trinajstić information content (AvgIpc) is 2.37. The Bertz CT molecular complexity index is 652. The van der Waals surface area contributed by atoms with E-state index in [4.69, 9.17) is 0 Å². The maximum atomic E-state index is 13.7. The summed E-state index contributed by atoms with van der Waals surface area (Å²) in [5.74, 6) is -3.63. The highest BCUT2D eigenvalue weighted by atomic mass is 79.9. The van der Waals surface area contributed by atoms with Gasteiger partial charge in [0.05, 0.1) is 5.69 Å². The molecule has 2 rings (SSSR count). The van der Waals surface area contributed by atoms with Crippen molar-refractivity contribution in [1.82, 2.24) is 0 Å². The first-order valence-corrected chi connectivity index (χ1v) is 6.38. The van der Waals surface area contributed by atoms with E-state index in [-0.39, 0.29) is 10.2 Å². The molecule has 0 saturated carbocycles. The van der Waals surface area contributed by atoms with Gasteiger partial charge < -0.3 is 4.90 Å². The van der Waals surface area contributed by atoms with Crippen LogP contribution in [0.25, 0.3) is 0 Å². The maximum Gasteiger partial charge on any atom is 0.264 e. The van der Waals surface area contributed by atoms with Crippen LogP contribution in [-0.4, -0.2) is 13.0 Å². The van der Waals surface area contributed by atoms with Crippen molar-refractivity contribution in [3.63, 3.8) is 0 Å². The third kappa shape index (κ3) is 2.70. The number of para-hydroxylation sites is 1. The first-order valence-electron chi connectivity index (χ1n) is 5.59. The van der Waals surface area contributed by atoms with Crippen molar-refractivity contribution in [2.24, 2.45) is 0 Å². The summed E-state index contributed by atoms with van der Waals surface area (Å²) in [7, 11) is 1.25. The molecule has 2 aromatic carbocycles. The Labute approximate surface area is 122 Å². The van der Waals surface area contributed by atoms with Crippen molar-refractivity contribution in [1.29, 1.82) is 0 Å². The van der Waals surface area contributed by atoms with E-state index < -0.39 is 28.9 Å². The van der Waals surface area contributed by atoms with E-state index in [0.717, 1.165) is 23.1 Å². The Morgan fingerprint density at radius 2 is 1.60 bits per heavy atom. The lowest BCUT2D eigenvalue weighted by Gasteiger charge is -2.18. The highest BCUT2D eigenvalue weighted by Gasteiger charge is 2.23. The number of hydrogen-bond acceptors (Lipinski definition) is 1. The second-order valence-electron chi connectivity index (χ2n) is 4.06. The van der Waals surface area contributed by atoms with Crippen molar-refractivity contribution in [2.45, 2.75) is 0 Å². The molecule has 1 amide bonds. The minimum atomic E-state index is -1.01. The standard InChI is InChI=1S/C14H9BrF3NO/c1-19(12-5-3-2-4-9(12)16)14(20)13-10(17)6-8(15)7-11(13)18/h2-7H,1H3. The van der Waals surface area contributed by atoms with E-state index in [2.05, 4.69) is 15.9 Å². The largest absolute Gasteiger partial charge is 0.308 e. The molecule has 0 fully saturated rings. The van der Waals surface area contributed by atoms with Crippen LogP contribution in [0.5, 0.6) is 0 Å². The van der Waals surface area contributed by atoms with Crippen LogP contribution in [0.3, 0.4) is 0 Å². The molecule has 0 atom stereocenters. The molecule has 0 spiro atoms. The van der Waals surface area contributed by atoms with E-state index in [1.165, 1.54) is 25.2 Å². The zero-order valence-electron chi connectivity index (χ0n) is 10.3. The molecule has 0 bridgehead atoms. The van der Waals surface area contributed by atoms with Crippen LogP contribution in [0.1, 0.15) is 10.4 Å². The van der Waals surface area contributed by atoms with E-state index in [1.54, 1.807) is 0 Å². The lowest BCUT2D eigenvalue weighted by Crippen LogP contribution is -2.29. The highest BCUT2D eigenvalue weighted by molar-refractivity contribution is 9.10. The summed E-state index contributed by atoms with van der Waals surface area (Å²) in [4.78, 5) is 13.0. The molecule has 0 saturated heterocycles. The number of rotatable bonds is 2. The van der Waals surface area contributed by atoms with Crippen molar-refractivity contribution < 1.29 is 18.0 Å². The van der Waals surface area contributed by atoms with Gasteiger partial charge in [-0.3, -0.25) is 4.79 Å². The fourth-order valence-electron chi connectivity index (χ4n) is 1.75. The number of amides is 1. The van der Waals surface area contributed by atoms with Gasteiger partial charge in [0, 0.05) is 11.5 Å². The van der Waals surface area contributed by atoms with Gasteiger partial charge in [-0.2, -0.15) is 0 Å². The number of carbonyl (C=O) groups is 1. The summed E-state index contributed by atoms with van der Waals surface area (Å²) >= 11 is 2.92. The number of nitrogens with zero attached hydrogens (tertiary/aromatic N) is 1. The van der Waals surface area contributed by atoms with Gasteiger partial charge in [-0.15, -0.1) is 0 Å². The first-order chi connectivity index (χ1) is 9.41. The monoisotopic (exact) mass is 343 g/mol. The number of carbonyl (C=O) groups excluding carboxylic acids is 1. The quantitative estimate of drug-likeness (QED) is 0.802. The summed E-state index contributed by atoms with van der Waals surface area (Å²) < 4.78 is 41.2. The molecule has 104 valence electrons. The van der Waals surface area contributed by atoms with Crippen LogP contribution in [0.2, 0.25) is 0 Å². The fourth-order valence-corrected chi connectivity index (χ4v) is 2.15. The third-order valence-corrected chi connectivity index (χ3v) is 3.20. The van der Waals surface area contributed by atoms with Gasteiger partial charge in [-0.25, -0.2) is 13.2 Å². The number of anilines is 1. The molecule has 0 aliphatic carbocycles. The Hall–Kier alpha value is -1.82. The second kappa shape index (κ2) is 5.66. The minimum absolute atomic E-state index is 0.0563. The van der Waals surface area contributed by atoms with Crippen LogP contribution in [0, 0.1) is 17.5 Å². The van der Waals surface area contributed by atoms with Crippen molar-refractivity contribution in [3.8, 4) is 0 Å². The molecule has 0 radical (unpaired) electrons. The second-order valence-corrected chi connectivity index (χ2v) is 4.98. The molecule has 0 aromatic heterocycles. The number of halogens is 4. The average molecular weight is 344 g/mol. The number of hydrogen-bond donors (Lipinski definition) is 0. The van der Waals surface area contributed by atoms with Crippen LogP contribution in [0.4, 0.5) is 18.9 Å². The van der Waals surface area contributed by atoms with Crippen molar-refractivity contribution in [2.75, 3.05) is 11.9 Å². The number of benzene rings is 2. The lowest BCUT2D eigenvalue weighted by molar-refractivity contribution is 0.0984. The maximum absolute atomic E-state index is 13.7. The molecule has 0 N–H and O–H groups in total. The third-order valence-electron chi connectivity index (χ3n) is 2.74. The molecule has 2 nitrogen and oxygen atoms in total. The van der Waals surface area contributed by atoms with E-state index in [1.807, 2.05) is 0 Å². The Morgan fingerprint density at radius 1 is 1.05 bits per heavy atom. The first kappa shape index (κ1) is 14.6. The van der Waals surface area contributed by atoms with Gasteiger partial charge in [-0.05, 0) is 24.3 Å². The summed E-state index contributed by atoms with van der Waals surface area (Å²) in [6.07, 6.45) is 0. The summed E-state index contributed by atoms with van der Waals surface area (Å²) in [5.41, 5.74) is -0.779. The summed E-state index contributed by atoms with van der Waals surface area (Å²) in [6, 6.07) is 7.45. The normalized spacial score (nSPS) is 10.4. The van der Waals surface area contributed by atoms with Crippen LogP contribution in [-0.2, 0) is 0 Å².